The maximum Gasteiger partial charge on any atom is 0.255 e. The standard InChI is InChI=1S/C26H24N4O2/c1-18-21(26(32)29-15-4-5-16-29)7-6-9-22(18)28-25(31)19-11-13-20(14-12-19)30-17-27-23-8-2-3-10-24(23)30/h2-3,6-14,17H,4-5,15-16H2,1H3,(H,28,31). The SMILES string of the molecule is Cc1c(NC(=O)c2ccc(-n3cnc4ccccc43)cc2)cccc1C(=O)N1CCCC1. The Morgan fingerprint density at radius 2 is 1.66 bits per heavy atom. The fourth-order valence-corrected chi connectivity index (χ4v) is 4.23. The predicted molar refractivity (Wildman–Crippen MR) is 125 cm³/mol. The Morgan fingerprint density at radius 1 is 0.906 bits per heavy atom. The second-order valence-electron chi connectivity index (χ2n) is 8.08. The van der Waals surface area contributed by atoms with Gasteiger partial charge < -0.3 is 10.2 Å². The average Bonchev–Trinajstić information content (AvgIpc) is 3.50. The Hall–Kier alpha value is -3.93. The highest BCUT2D eigenvalue weighted by molar-refractivity contribution is 6.06. The first-order valence-corrected chi connectivity index (χ1v) is 10.8. The monoisotopic (exact) mass is 424 g/mol. The molecule has 6 heteroatoms. The number of nitrogens with one attached hydrogen (secondary N) is 1. The molecule has 160 valence electrons. The van der Waals surface area contributed by atoms with Gasteiger partial charge in [-0.15, -0.1) is 0 Å². The van der Waals surface area contributed by atoms with Crippen LogP contribution in [-0.4, -0.2) is 39.4 Å². The number of fused-ring (bicyclic) bond motifs is 1. The van der Waals surface area contributed by atoms with Crippen molar-refractivity contribution in [3.63, 3.8) is 0 Å². The molecule has 2 heterocycles. The van der Waals surface area contributed by atoms with Crippen LogP contribution < -0.4 is 5.32 Å². The molecule has 0 aliphatic carbocycles. The summed E-state index contributed by atoms with van der Waals surface area (Å²) in [5.41, 5.74) is 5.52. The Balaban J connectivity index is 1.35. The van der Waals surface area contributed by atoms with Gasteiger partial charge in [0.05, 0.1) is 11.0 Å². The van der Waals surface area contributed by atoms with Gasteiger partial charge in [0.2, 0.25) is 0 Å². The molecule has 1 aliphatic rings. The van der Waals surface area contributed by atoms with Crippen LogP contribution in [0.2, 0.25) is 0 Å². The zero-order valence-corrected chi connectivity index (χ0v) is 17.9. The van der Waals surface area contributed by atoms with Crippen LogP contribution in [0, 0.1) is 6.92 Å². The van der Waals surface area contributed by atoms with E-state index in [-0.39, 0.29) is 11.8 Å². The summed E-state index contributed by atoms with van der Waals surface area (Å²) in [6, 6.07) is 20.8. The molecular formula is C26H24N4O2. The first kappa shape index (κ1) is 20.0. The summed E-state index contributed by atoms with van der Waals surface area (Å²) in [6.07, 6.45) is 3.88. The largest absolute Gasteiger partial charge is 0.339 e. The molecule has 0 saturated carbocycles. The minimum atomic E-state index is -0.207. The Morgan fingerprint density at radius 3 is 2.44 bits per heavy atom. The van der Waals surface area contributed by atoms with Crippen molar-refractivity contribution in [2.24, 2.45) is 0 Å². The molecule has 1 N–H and O–H groups in total. The summed E-state index contributed by atoms with van der Waals surface area (Å²) in [7, 11) is 0. The van der Waals surface area contributed by atoms with E-state index < -0.39 is 0 Å². The summed E-state index contributed by atoms with van der Waals surface area (Å²) in [5.74, 6) is -0.172. The number of rotatable bonds is 4. The number of hydrogen-bond acceptors (Lipinski definition) is 3. The van der Waals surface area contributed by atoms with Gasteiger partial charge in [-0.05, 0) is 73.9 Å². The van der Waals surface area contributed by atoms with Crippen LogP contribution in [0.5, 0.6) is 0 Å². The fourth-order valence-electron chi connectivity index (χ4n) is 4.23. The zero-order valence-electron chi connectivity index (χ0n) is 17.9. The van der Waals surface area contributed by atoms with Crippen molar-refractivity contribution in [3.05, 3.63) is 89.7 Å². The highest BCUT2D eigenvalue weighted by atomic mass is 16.2. The molecule has 6 nitrogen and oxygen atoms in total. The summed E-state index contributed by atoms with van der Waals surface area (Å²) in [4.78, 5) is 32.0. The number of para-hydroxylation sites is 2. The molecule has 0 atom stereocenters. The maximum absolute atomic E-state index is 12.9. The molecule has 5 rings (SSSR count). The molecule has 32 heavy (non-hydrogen) atoms. The molecule has 0 radical (unpaired) electrons. The highest BCUT2D eigenvalue weighted by Crippen LogP contribution is 2.23. The topological polar surface area (TPSA) is 67.2 Å². The van der Waals surface area contributed by atoms with Crippen molar-refractivity contribution in [2.75, 3.05) is 18.4 Å². The van der Waals surface area contributed by atoms with E-state index in [0.717, 1.165) is 48.2 Å². The predicted octanol–water partition coefficient (Wildman–Crippen LogP) is 4.82. The van der Waals surface area contributed by atoms with Gasteiger partial charge in [-0.25, -0.2) is 4.98 Å². The second-order valence-corrected chi connectivity index (χ2v) is 8.08. The van der Waals surface area contributed by atoms with Crippen molar-refractivity contribution in [1.82, 2.24) is 14.5 Å². The number of likely N-dealkylation sites (tertiary alicyclic amines) is 1. The Bertz CT molecular complexity index is 1300. The lowest BCUT2D eigenvalue weighted by atomic mass is 10.0. The van der Waals surface area contributed by atoms with E-state index in [1.165, 1.54) is 0 Å². The van der Waals surface area contributed by atoms with Crippen molar-refractivity contribution >= 4 is 28.5 Å². The number of aromatic nitrogens is 2. The van der Waals surface area contributed by atoms with Crippen molar-refractivity contribution in [3.8, 4) is 5.69 Å². The van der Waals surface area contributed by atoms with Gasteiger partial charge in [0.1, 0.15) is 6.33 Å². The van der Waals surface area contributed by atoms with Gasteiger partial charge >= 0.3 is 0 Å². The van der Waals surface area contributed by atoms with Crippen molar-refractivity contribution in [1.29, 1.82) is 0 Å². The second kappa shape index (κ2) is 8.30. The van der Waals surface area contributed by atoms with E-state index in [9.17, 15) is 9.59 Å². The number of carbonyl (C=O) groups is 2. The molecule has 3 aromatic carbocycles. The molecule has 1 aliphatic heterocycles. The van der Waals surface area contributed by atoms with Crippen LogP contribution in [0.4, 0.5) is 5.69 Å². The Labute approximate surface area is 186 Å². The summed E-state index contributed by atoms with van der Waals surface area (Å²) in [6.45, 7) is 3.48. The van der Waals surface area contributed by atoms with E-state index >= 15 is 0 Å². The van der Waals surface area contributed by atoms with Gasteiger partial charge in [0, 0.05) is 35.6 Å². The number of hydrogen-bond donors (Lipinski definition) is 1. The molecule has 0 bridgehead atoms. The van der Waals surface area contributed by atoms with Gasteiger partial charge in [-0.2, -0.15) is 0 Å². The van der Waals surface area contributed by atoms with Crippen LogP contribution in [-0.2, 0) is 0 Å². The zero-order chi connectivity index (χ0) is 22.1. The van der Waals surface area contributed by atoms with Crippen LogP contribution in [0.1, 0.15) is 39.1 Å². The Kier molecular flexibility index (Phi) is 5.19. The normalized spacial score (nSPS) is 13.5. The number of amides is 2. The molecule has 1 saturated heterocycles. The minimum Gasteiger partial charge on any atom is -0.339 e. The van der Waals surface area contributed by atoms with Crippen molar-refractivity contribution in [2.45, 2.75) is 19.8 Å². The highest BCUT2D eigenvalue weighted by Gasteiger charge is 2.22. The minimum absolute atomic E-state index is 0.0352. The summed E-state index contributed by atoms with van der Waals surface area (Å²) >= 11 is 0. The first-order chi connectivity index (χ1) is 15.6. The molecule has 0 unspecified atom stereocenters. The molecule has 1 fully saturated rings. The third-order valence-corrected chi connectivity index (χ3v) is 6.07. The van der Waals surface area contributed by atoms with E-state index in [4.69, 9.17) is 0 Å². The van der Waals surface area contributed by atoms with E-state index in [1.807, 2.05) is 71.0 Å². The van der Waals surface area contributed by atoms with Gasteiger partial charge in [0.25, 0.3) is 11.8 Å². The first-order valence-electron chi connectivity index (χ1n) is 10.8. The fraction of sp³-hybridized carbons (Fsp3) is 0.192. The molecular weight excluding hydrogens is 400 g/mol. The summed E-state index contributed by atoms with van der Waals surface area (Å²) in [5, 5.41) is 2.97. The van der Waals surface area contributed by atoms with Crippen LogP contribution in [0.25, 0.3) is 16.7 Å². The third-order valence-electron chi connectivity index (χ3n) is 6.07. The number of carbonyl (C=O) groups excluding carboxylic acids is 2. The molecule has 2 amide bonds. The van der Waals surface area contributed by atoms with Gasteiger partial charge in [-0.1, -0.05) is 18.2 Å². The molecule has 4 aromatic rings. The number of imidazole rings is 1. The van der Waals surface area contributed by atoms with Crippen LogP contribution in [0.3, 0.4) is 0 Å². The number of nitrogens with zero attached hydrogens (tertiary/aromatic N) is 3. The number of anilines is 1. The van der Waals surface area contributed by atoms with Crippen LogP contribution in [0.15, 0.2) is 73.1 Å². The maximum atomic E-state index is 12.9. The quantitative estimate of drug-likeness (QED) is 0.511. The lowest BCUT2D eigenvalue weighted by molar-refractivity contribution is 0.0791. The third kappa shape index (κ3) is 3.64. The smallest absolute Gasteiger partial charge is 0.255 e. The average molecular weight is 425 g/mol. The summed E-state index contributed by atoms with van der Waals surface area (Å²) < 4.78 is 1.99. The van der Waals surface area contributed by atoms with Crippen LogP contribution >= 0.6 is 0 Å². The van der Waals surface area contributed by atoms with E-state index in [1.54, 1.807) is 18.5 Å². The molecule has 0 spiro atoms. The number of benzene rings is 3. The lowest BCUT2D eigenvalue weighted by Crippen LogP contribution is -2.28. The molecule has 1 aromatic heterocycles. The van der Waals surface area contributed by atoms with Gasteiger partial charge in [0.15, 0.2) is 0 Å². The van der Waals surface area contributed by atoms with Crippen molar-refractivity contribution < 1.29 is 9.59 Å². The van der Waals surface area contributed by atoms with Gasteiger partial charge in [-0.3, -0.25) is 14.2 Å². The lowest BCUT2D eigenvalue weighted by Gasteiger charge is -2.18. The van der Waals surface area contributed by atoms with E-state index in [2.05, 4.69) is 10.3 Å². The van der Waals surface area contributed by atoms with E-state index in [0.29, 0.717) is 16.8 Å².